The predicted octanol–water partition coefficient (Wildman–Crippen LogP) is 2.89. The van der Waals surface area contributed by atoms with Crippen LogP contribution < -0.4 is 15.1 Å². The molecular formula is C21H23FN4O6S. The number of hydroxylamine groups is 1. The summed E-state index contributed by atoms with van der Waals surface area (Å²) in [5.74, 6) is -1.39. The summed E-state index contributed by atoms with van der Waals surface area (Å²) in [7, 11) is -4.14. The highest BCUT2D eigenvalue weighted by molar-refractivity contribution is 7.92. The fourth-order valence-electron chi connectivity index (χ4n) is 3.78. The molecule has 1 aliphatic rings. The molecule has 33 heavy (non-hydrogen) atoms. The number of hydrogen-bond acceptors (Lipinski definition) is 8. The number of piperidine rings is 1. The number of amides is 1. The second-order valence-electron chi connectivity index (χ2n) is 7.52. The quantitative estimate of drug-likeness (QED) is 0.349. The summed E-state index contributed by atoms with van der Waals surface area (Å²) in [6.07, 6.45) is 2.67. The van der Waals surface area contributed by atoms with Crippen molar-refractivity contribution < 1.29 is 32.0 Å². The summed E-state index contributed by atoms with van der Waals surface area (Å²) in [6, 6.07) is 6.49. The van der Waals surface area contributed by atoms with Gasteiger partial charge in [0.25, 0.3) is 10.0 Å². The molecule has 0 aliphatic carbocycles. The second-order valence-corrected chi connectivity index (χ2v) is 9.21. The fourth-order valence-corrected chi connectivity index (χ4v) is 4.85. The van der Waals surface area contributed by atoms with E-state index in [2.05, 4.69) is 9.71 Å². The van der Waals surface area contributed by atoms with Crippen molar-refractivity contribution in [3.05, 3.63) is 48.1 Å². The van der Waals surface area contributed by atoms with Crippen molar-refractivity contribution in [1.82, 2.24) is 10.5 Å². The minimum absolute atomic E-state index is 0.0183. The summed E-state index contributed by atoms with van der Waals surface area (Å²) in [6.45, 7) is 3.73. The van der Waals surface area contributed by atoms with Crippen molar-refractivity contribution in [2.75, 3.05) is 29.3 Å². The van der Waals surface area contributed by atoms with Crippen LogP contribution in [-0.4, -0.2) is 50.3 Å². The molecule has 2 aromatic heterocycles. The number of nitrogens with zero attached hydrogens (tertiary/aromatic N) is 2. The van der Waals surface area contributed by atoms with Gasteiger partial charge in [-0.15, -0.1) is 0 Å². The number of nitrogens with one attached hydrogen (secondary N) is 2. The number of pyridine rings is 1. The Morgan fingerprint density at radius 1 is 1.30 bits per heavy atom. The van der Waals surface area contributed by atoms with Gasteiger partial charge in [-0.3, -0.25) is 14.7 Å². The van der Waals surface area contributed by atoms with Gasteiger partial charge in [0.1, 0.15) is 11.4 Å². The lowest BCUT2D eigenvalue weighted by molar-refractivity contribution is 0.0458. The van der Waals surface area contributed by atoms with E-state index >= 15 is 0 Å². The third kappa shape index (κ3) is 4.92. The van der Waals surface area contributed by atoms with Crippen LogP contribution >= 0.6 is 0 Å². The van der Waals surface area contributed by atoms with Crippen molar-refractivity contribution in [3.63, 3.8) is 0 Å². The first-order chi connectivity index (χ1) is 15.8. The maximum atomic E-state index is 14.0. The van der Waals surface area contributed by atoms with Crippen LogP contribution in [0, 0.1) is 5.82 Å². The van der Waals surface area contributed by atoms with Crippen molar-refractivity contribution in [2.24, 2.45) is 0 Å². The first-order valence-corrected chi connectivity index (χ1v) is 11.8. The minimum atomic E-state index is -4.14. The SMILES string of the molecule is CCOC1CCN(c2ncc(F)cc2NS(=O)(=O)c2ccc3cc(C(=O)NO)oc3c2)CC1. The molecule has 3 N–H and O–H groups in total. The molecule has 0 unspecified atom stereocenters. The zero-order valence-electron chi connectivity index (χ0n) is 17.7. The molecule has 1 aliphatic heterocycles. The molecule has 3 aromatic rings. The minimum Gasteiger partial charge on any atom is -0.451 e. The van der Waals surface area contributed by atoms with Gasteiger partial charge in [-0.05, 0) is 38.0 Å². The monoisotopic (exact) mass is 478 g/mol. The molecule has 1 amide bonds. The Hall–Kier alpha value is -3.22. The summed E-state index contributed by atoms with van der Waals surface area (Å²) in [5.41, 5.74) is 1.60. The highest BCUT2D eigenvalue weighted by atomic mass is 32.2. The van der Waals surface area contributed by atoms with Crippen LogP contribution in [-0.2, 0) is 14.8 Å². The Kier molecular flexibility index (Phi) is 6.49. The lowest BCUT2D eigenvalue weighted by Gasteiger charge is -2.33. The number of rotatable bonds is 7. The van der Waals surface area contributed by atoms with Crippen LogP contribution in [0.5, 0.6) is 0 Å². The number of carbonyl (C=O) groups is 1. The molecule has 0 atom stereocenters. The largest absolute Gasteiger partial charge is 0.451 e. The number of halogens is 1. The lowest BCUT2D eigenvalue weighted by atomic mass is 10.1. The molecule has 10 nitrogen and oxygen atoms in total. The van der Waals surface area contributed by atoms with Crippen molar-refractivity contribution in [2.45, 2.75) is 30.8 Å². The van der Waals surface area contributed by atoms with Crippen molar-refractivity contribution in [3.8, 4) is 0 Å². The summed E-state index contributed by atoms with van der Waals surface area (Å²) in [4.78, 5) is 17.4. The summed E-state index contributed by atoms with van der Waals surface area (Å²) < 4.78 is 53.5. The average Bonchev–Trinajstić information content (AvgIpc) is 3.23. The second kappa shape index (κ2) is 9.33. The Bertz CT molecular complexity index is 1270. The van der Waals surface area contributed by atoms with Crippen LogP contribution in [0.15, 0.2) is 45.8 Å². The molecule has 0 saturated carbocycles. The zero-order valence-corrected chi connectivity index (χ0v) is 18.6. The standard InChI is InChI=1S/C21H23FN4O6S/c1-2-31-15-5-7-26(8-6-15)20-17(10-14(22)12-23-20)25-33(29,30)16-4-3-13-9-19(21(27)24-28)32-18(13)11-16/h3-4,9-12,15,25,28H,2,5-8H2,1H3,(H,24,27). The molecule has 0 radical (unpaired) electrons. The molecule has 0 spiro atoms. The first kappa shape index (κ1) is 23.0. The number of benzene rings is 1. The molecule has 1 aromatic carbocycles. The highest BCUT2D eigenvalue weighted by Crippen LogP contribution is 2.30. The third-order valence-electron chi connectivity index (χ3n) is 5.35. The fraction of sp³-hybridized carbons (Fsp3) is 0.333. The topological polar surface area (TPSA) is 134 Å². The summed E-state index contributed by atoms with van der Waals surface area (Å²) in [5, 5.41) is 9.22. The van der Waals surface area contributed by atoms with E-state index in [0.29, 0.717) is 30.9 Å². The van der Waals surface area contributed by atoms with Crippen LogP contribution in [0.25, 0.3) is 11.0 Å². The molecule has 4 rings (SSSR count). The number of furan rings is 1. The van der Waals surface area contributed by atoms with E-state index in [4.69, 9.17) is 14.4 Å². The normalized spacial score (nSPS) is 15.1. The van der Waals surface area contributed by atoms with Gasteiger partial charge in [-0.25, -0.2) is 23.3 Å². The molecule has 176 valence electrons. The number of carbonyl (C=O) groups excluding carboxylic acids is 1. The number of aromatic nitrogens is 1. The van der Waals surface area contributed by atoms with Gasteiger partial charge < -0.3 is 14.1 Å². The Morgan fingerprint density at radius 3 is 2.76 bits per heavy atom. The Labute approximate surface area is 189 Å². The van der Waals surface area contributed by atoms with Gasteiger partial charge in [-0.2, -0.15) is 0 Å². The first-order valence-electron chi connectivity index (χ1n) is 10.3. The third-order valence-corrected chi connectivity index (χ3v) is 6.71. The van der Waals surface area contributed by atoms with Gasteiger partial charge >= 0.3 is 5.91 Å². The number of anilines is 2. The van der Waals surface area contributed by atoms with Gasteiger partial charge in [-0.1, -0.05) is 0 Å². The van der Waals surface area contributed by atoms with Gasteiger partial charge in [0, 0.05) is 37.2 Å². The lowest BCUT2D eigenvalue weighted by Crippen LogP contribution is -2.38. The van der Waals surface area contributed by atoms with Crippen LogP contribution in [0.1, 0.15) is 30.3 Å². The van der Waals surface area contributed by atoms with E-state index in [9.17, 15) is 17.6 Å². The Balaban J connectivity index is 1.60. The van der Waals surface area contributed by atoms with Gasteiger partial charge in [0.15, 0.2) is 11.6 Å². The zero-order chi connectivity index (χ0) is 23.6. The van der Waals surface area contributed by atoms with E-state index in [1.165, 1.54) is 29.7 Å². The van der Waals surface area contributed by atoms with E-state index in [0.717, 1.165) is 25.1 Å². The number of hydrogen-bond donors (Lipinski definition) is 3. The van der Waals surface area contributed by atoms with E-state index in [1.54, 1.807) is 0 Å². The van der Waals surface area contributed by atoms with Crippen molar-refractivity contribution >= 4 is 38.4 Å². The van der Waals surface area contributed by atoms with Gasteiger partial charge in [0.2, 0.25) is 0 Å². The molecule has 1 fully saturated rings. The molecular weight excluding hydrogens is 455 g/mol. The van der Waals surface area contributed by atoms with E-state index < -0.39 is 21.7 Å². The number of fused-ring (bicyclic) bond motifs is 1. The Morgan fingerprint density at radius 2 is 2.06 bits per heavy atom. The molecule has 0 bridgehead atoms. The smallest absolute Gasteiger partial charge is 0.310 e. The van der Waals surface area contributed by atoms with Crippen LogP contribution in [0.4, 0.5) is 15.9 Å². The average molecular weight is 479 g/mol. The van der Waals surface area contributed by atoms with E-state index in [1.807, 2.05) is 11.8 Å². The maximum Gasteiger partial charge on any atom is 0.310 e. The van der Waals surface area contributed by atoms with Crippen molar-refractivity contribution in [1.29, 1.82) is 0 Å². The van der Waals surface area contributed by atoms with Crippen LogP contribution in [0.2, 0.25) is 0 Å². The van der Waals surface area contributed by atoms with E-state index in [-0.39, 0.29) is 28.0 Å². The molecule has 1 saturated heterocycles. The number of sulfonamides is 1. The molecule has 3 heterocycles. The summed E-state index contributed by atoms with van der Waals surface area (Å²) >= 11 is 0. The number of ether oxygens (including phenoxy) is 1. The maximum absolute atomic E-state index is 14.0. The molecule has 12 heteroatoms. The van der Waals surface area contributed by atoms with Crippen LogP contribution in [0.3, 0.4) is 0 Å². The van der Waals surface area contributed by atoms with Gasteiger partial charge in [0.05, 0.1) is 22.9 Å². The predicted molar refractivity (Wildman–Crippen MR) is 117 cm³/mol. The highest BCUT2D eigenvalue weighted by Gasteiger charge is 2.25.